The molecule has 0 bridgehead atoms. The zero-order valence-corrected chi connectivity index (χ0v) is 11.0. The molecule has 0 unspecified atom stereocenters. The molecule has 0 spiro atoms. The SMILES string of the molecule is C[CH-]C.C[CH-]C.[MoH2].c1cc[cH-]c1. The van der Waals surface area contributed by atoms with E-state index in [9.17, 15) is 0 Å². The van der Waals surface area contributed by atoms with Gasteiger partial charge in [-0.1, -0.05) is 0 Å². The summed E-state index contributed by atoms with van der Waals surface area (Å²) in [6.45, 7) is 8.00. The molecule has 0 saturated heterocycles. The van der Waals surface area contributed by atoms with Crippen LogP contribution in [0.2, 0.25) is 0 Å². The van der Waals surface area contributed by atoms with E-state index in [1.807, 2.05) is 70.9 Å². The Balaban J connectivity index is -0.000000104. The Morgan fingerprint density at radius 1 is 0.833 bits per heavy atom. The van der Waals surface area contributed by atoms with Crippen LogP contribution in [0.3, 0.4) is 0 Å². The first-order chi connectivity index (χ1) is 5.33. The third-order valence-corrected chi connectivity index (χ3v) is 0.556. The molecule has 0 saturated carbocycles. The first-order valence-electron chi connectivity index (χ1n) is 3.98. The zero-order valence-electron chi connectivity index (χ0n) is 8.54. The Kier molecular flexibility index (Phi) is 33.6. The molecule has 0 radical (unpaired) electrons. The second-order valence-corrected chi connectivity index (χ2v) is 2.12. The van der Waals surface area contributed by atoms with E-state index in [4.69, 9.17) is 0 Å². The minimum Gasteiger partial charge on any atom is -0.214 e. The molecule has 0 aliphatic rings. The maximum atomic E-state index is 2.00. The van der Waals surface area contributed by atoms with Crippen LogP contribution in [-0.4, -0.2) is 0 Å². The molecule has 74 valence electrons. The van der Waals surface area contributed by atoms with Crippen molar-refractivity contribution in [3.8, 4) is 0 Å². The molecule has 0 amide bonds. The van der Waals surface area contributed by atoms with Crippen molar-refractivity contribution < 1.29 is 21.1 Å². The summed E-state index contributed by atoms with van der Waals surface area (Å²) in [6, 6.07) is 10.0. The van der Waals surface area contributed by atoms with Gasteiger partial charge in [-0.25, -0.2) is 12.1 Å². The standard InChI is InChI=1S/C5H5.2C3H7.Mo.2H/c1-2-4-5-3-1;2*1-3-2;;;/h1-5H;2*3H,1-2H3;;;/q3*-1;;;. The molecule has 1 heteroatoms. The number of hydrogen-bond acceptors (Lipinski definition) is 0. The topological polar surface area (TPSA) is 0 Å². The van der Waals surface area contributed by atoms with Gasteiger partial charge in [0, 0.05) is 0 Å². The fourth-order valence-corrected chi connectivity index (χ4v) is 0.321. The molecule has 0 fully saturated rings. The van der Waals surface area contributed by atoms with Gasteiger partial charge in [0.2, 0.25) is 0 Å². The van der Waals surface area contributed by atoms with E-state index in [1.54, 1.807) is 0 Å². The van der Waals surface area contributed by atoms with Crippen molar-refractivity contribution in [1.29, 1.82) is 0 Å². The van der Waals surface area contributed by atoms with Crippen LogP contribution in [0.4, 0.5) is 0 Å². The largest absolute Gasteiger partial charge is 0.214 e. The maximum Gasteiger partial charge on any atom is -0.172 e. The van der Waals surface area contributed by atoms with Gasteiger partial charge < -0.3 is 12.8 Å². The monoisotopic (exact) mass is 251 g/mol. The van der Waals surface area contributed by atoms with Gasteiger partial charge in [0.05, 0.1) is 0 Å². The van der Waals surface area contributed by atoms with Gasteiger partial charge in [0.15, 0.2) is 0 Å². The van der Waals surface area contributed by atoms with E-state index in [2.05, 4.69) is 0 Å². The predicted molar refractivity (Wildman–Crippen MR) is 56.1 cm³/mol. The van der Waals surface area contributed by atoms with E-state index >= 15 is 0 Å². The van der Waals surface area contributed by atoms with Crippen molar-refractivity contribution in [2.24, 2.45) is 0 Å². The third kappa shape index (κ3) is 32.3. The van der Waals surface area contributed by atoms with Crippen LogP contribution in [0.15, 0.2) is 30.3 Å². The zero-order chi connectivity index (χ0) is 8.95. The van der Waals surface area contributed by atoms with Crippen LogP contribution in [0.5, 0.6) is 0 Å². The summed E-state index contributed by atoms with van der Waals surface area (Å²) in [7, 11) is 0. The summed E-state index contributed by atoms with van der Waals surface area (Å²) in [5, 5.41) is 0. The summed E-state index contributed by atoms with van der Waals surface area (Å²) >= 11 is 0. The third-order valence-electron chi connectivity index (χ3n) is 0.556. The maximum absolute atomic E-state index is 2.00. The summed E-state index contributed by atoms with van der Waals surface area (Å²) in [5.74, 6) is 0. The minimum atomic E-state index is 0. The Morgan fingerprint density at radius 2 is 1.08 bits per heavy atom. The van der Waals surface area contributed by atoms with Gasteiger partial charge in [-0.05, 0) is 0 Å². The normalized spacial score (nSPS) is 6.33. The van der Waals surface area contributed by atoms with Crippen LogP contribution in [0, 0.1) is 12.8 Å². The summed E-state index contributed by atoms with van der Waals surface area (Å²) in [4.78, 5) is 0. The van der Waals surface area contributed by atoms with Gasteiger partial charge in [0.25, 0.3) is 0 Å². The average molecular weight is 249 g/mol. The average Bonchev–Trinajstić information content (AvgIpc) is 2.44. The Bertz CT molecular complexity index is 80.5. The van der Waals surface area contributed by atoms with Gasteiger partial charge in [-0.3, -0.25) is 0 Å². The summed E-state index contributed by atoms with van der Waals surface area (Å²) < 4.78 is 0. The van der Waals surface area contributed by atoms with Crippen molar-refractivity contribution in [1.82, 2.24) is 0 Å². The van der Waals surface area contributed by atoms with Gasteiger partial charge in [-0.2, -0.15) is 45.9 Å². The van der Waals surface area contributed by atoms with E-state index < -0.39 is 0 Å². The molecule has 0 N–H and O–H groups in total. The predicted octanol–water partition coefficient (Wildman–Crippen LogP) is 3.33. The molecular formula is C11H21Mo-3. The molecule has 0 aliphatic carbocycles. The Hall–Kier alpha value is 0.0383. The second-order valence-electron chi connectivity index (χ2n) is 2.12. The van der Waals surface area contributed by atoms with Gasteiger partial charge in [-0.15, -0.1) is 0 Å². The molecule has 0 aliphatic heterocycles. The fourth-order valence-electron chi connectivity index (χ4n) is 0.321. The fraction of sp³-hybridized carbons (Fsp3) is 0.364. The molecule has 0 aromatic heterocycles. The van der Waals surface area contributed by atoms with E-state index in [-0.39, 0.29) is 21.1 Å². The molecule has 1 rings (SSSR count). The molecule has 0 atom stereocenters. The Morgan fingerprint density at radius 3 is 1.17 bits per heavy atom. The van der Waals surface area contributed by atoms with Crippen LogP contribution in [-0.2, 0) is 21.1 Å². The first-order valence-corrected chi connectivity index (χ1v) is 3.98. The Labute approximate surface area is 92.0 Å². The molecule has 0 heterocycles. The quantitative estimate of drug-likeness (QED) is 0.488. The van der Waals surface area contributed by atoms with Crippen LogP contribution < -0.4 is 0 Å². The molecule has 1 aromatic rings. The number of hydrogen-bond donors (Lipinski definition) is 0. The van der Waals surface area contributed by atoms with Crippen molar-refractivity contribution in [2.45, 2.75) is 27.7 Å². The minimum absolute atomic E-state index is 0. The first kappa shape index (κ1) is 18.0. The molecular weight excluding hydrogens is 228 g/mol. The number of rotatable bonds is 0. The van der Waals surface area contributed by atoms with Crippen molar-refractivity contribution in [2.75, 3.05) is 0 Å². The second kappa shape index (κ2) is 22.5. The summed E-state index contributed by atoms with van der Waals surface area (Å²) in [6.07, 6.45) is 4.00. The van der Waals surface area contributed by atoms with Crippen LogP contribution in [0.25, 0.3) is 0 Å². The van der Waals surface area contributed by atoms with E-state index in [0.29, 0.717) is 0 Å². The van der Waals surface area contributed by atoms with Crippen LogP contribution in [0.1, 0.15) is 27.7 Å². The van der Waals surface area contributed by atoms with E-state index in [0.717, 1.165) is 0 Å². The van der Waals surface area contributed by atoms with Gasteiger partial charge >= 0.3 is 21.1 Å². The van der Waals surface area contributed by atoms with E-state index in [1.165, 1.54) is 0 Å². The molecule has 1 aromatic carbocycles. The smallest absolute Gasteiger partial charge is 0.172 e. The summed E-state index contributed by atoms with van der Waals surface area (Å²) in [5.41, 5.74) is 0. The molecule has 0 nitrogen and oxygen atoms in total. The molecule has 12 heavy (non-hydrogen) atoms. The van der Waals surface area contributed by atoms with Crippen LogP contribution >= 0.6 is 0 Å². The van der Waals surface area contributed by atoms with Crippen molar-refractivity contribution in [3.05, 3.63) is 43.2 Å². The van der Waals surface area contributed by atoms with Gasteiger partial charge in [0.1, 0.15) is 0 Å². The van der Waals surface area contributed by atoms with Crippen molar-refractivity contribution >= 4 is 0 Å². The van der Waals surface area contributed by atoms with Crippen molar-refractivity contribution in [3.63, 3.8) is 0 Å².